The predicted octanol–water partition coefficient (Wildman–Crippen LogP) is 4.77. The predicted molar refractivity (Wildman–Crippen MR) is 87.1 cm³/mol. The number of carbonyl (C=O) groups is 1. The fourth-order valence-corrected chi connectivity index (χ4v) is 2.90. The molecule has 0 amide bonds. The van der Waals surface area contributed by atoms with Gasteiger partial charge in [-0.1, -0.05) is 48.0 Å². The summed E-state index contributed by atoms with van der Waals surface area (Å²) >= 11 is 9.66. The summed E-state index contributed by atoms with van der Waals surface area (Å²) in [6.45, 7) is 0. The van der Waals surface area contributed by atoms with Gasteiger partial charge in [0.05, 0.1) is 16.3 Å². The van der Waals surface area contributed by atoms with Crippen LogP contribution in [0.3, 0.4) is 0 Å². The van der Waals surface area contributed by atoms with Crippen molar-refractivity contribution < 1.29 is 4.79 Å². The Balaban J connectivity index is 2.24. The van der Waals surface area contributed by atoms with Crippen LogP contribution in [0.1, 0.15) is 10.4 Å². The summed E-state index contributed by atoms with van der Waals surface area (Å²) in [6, 6.07) is 16.9. The summed E-state index contributed by atoms with van der Waals surface area (Å²) in [5.74, 6) is 0. The largest absolute Gasteiger partial charge is 0.298 e. The van der Waals surface area contributed by atoms with Crippen molar-refractivity contribution in [2.45, 2.75) is 0 Å². The highest BCUT2D eigenvalue weighted by Crippen LogP contribution is 2.33. The Morgan fingerprint density at radius 1 is 1.05 bits per heavy atom. The minimum absolute atomic E-state index is 0.479. The monoisotopic (exact) mass is 360 g/mol. The van der Waals surface area contributed by atoms with Crippen LogP contribution in [0.2, 0.25) is 5.02 Å². The minimum atomic E-state index is 0.479. The average Bonchev–Trinajstić information content (AvgIpc) is 2.85. The van der Waals surface area contributed by atoms with E-state index < -0.39 is 0 Å². The number of para-hydroxylation sites is 1. The fraction of sp³-hybridized carbons (Fsp3) is 0. The molecule has 2 aromatic carbocycles. The van der Waals surface area contributed by atoms with Crippen LogP contribution >= 0.6 is 27.5 Å². The van der Waals surface area contributed by atoms with E-state index in [0.29, 0.717) is 20.9 Å². The van der Waals surface area contributed by atoms with E-state index in [9.17, 15) is 4.79 Å². The molecular formula is C16H10BrClN2O. The van der Waals surface area contributed by atoms with Gasteiger partial charge in [0.1, 0.15) is 10.3 Å². The standard InChI is InChI=1S/C16H10BrClN2O/c17-16-13(10-21)15(12-8-4-5-9-14(12)18)19-20(16)11-6-2-1-3-7-11/h1-10H. The van der Waals surface area contributed by atoms with Gasteiger partial charge in [0.2, 0.25) is 0 Å². The molecule has 0 bridgehead atoms. The van der Waals surface area contributed by atoms with Crippen molar-refractivity contribution in [3.8, 4) is 16.9 Å². The maximum absolute atomic E-state index is 11.5. The first-order chi connectivity index (χ1) is 10.2. The van der Waals surface area contributed by atoms with E-state index in [2.05, 4.69) is 21.0 Å². The topological polar surface area (TPSA) is 34.9 Å². The van der Waals surface area contributed by atoms with Crippen LogP contribution in [0.15, 0.2) is 59.2 Å². The molecule has 1 aromatic heterocycles. The molecule has 0 aliphatic carbocycles. The Kier molecular flexibility index (Phi) is 3.90. The highest BCUT2D eigenvalue weighted by molar-refractivity contribution is 9.10. The quantitative estimate of drug-likeness (QED) is 0.630. The number of benzene rings is 2. The van der Waals surface area contributed by atoms with Gasteiger partial charge in [-0.15, -0.1) is 0 Å². The van der Waals surface area contributed by atoms with E-state index in [-0.39, 0.29) is 0 Å². The van der Waals surface area contributed by atoms with Gasteiger partial charge in [-0.3, -0.25) is 4.79 Å². The van der Waals surface area contributed by atoms with E-state index in [1.807, 2.05) is 48.5 Å². The lowest BCUT2D eigenvalue weighted by atomic mass is 10.1. The van der Waals surface area contributed by atoms with Crippen LogP contribution in [0, 0.1) is 0 Å². The number of aromatic nitrogens is 2. The lowest BCUT2D eigenvalue weighted by molar-refractivity contribution is 0.112. The third kappa shape index (κ3) is 2.52. The Labute approximate surface area is 135 Å². The summed E-state index contributed by atoms with van der Waals surface area (Å²) in [4.78, 5) is 11.5. The molecule has 0 spiro atoms. The van der Waals surface area contributed by atoms with Gasteiger partial charge in [0, 0.05) is 5.56 Å². The molecule has 3 nitrogen and oxygen atoms in total. The Morgan fingerprint density at radius 2 is 1.71 bits per heavy atom. The molecule has 0 saturated heterocycles. The van der Waals surface area contributed by atoms with Crippen LogP contribution in [0.25, 0.3) is 16.9 Å². The number of aldehydes is 1. The summed E-state index contributed by atoms with van der Waals surface area (Å²) in [7, 11) is 0. The van der Waals surface area contributed by atoms with Crippen molar-refractivity contribution in [1.82, 2.24) is 9.78 Å². The molecule has 0 unspecified atom stereocenters. The van der Waals surface area contributed by atoms with Gasteiger partial charge in [-0.25, -0.2) is 4.68 Å². The van der Waals surface area contributed by atoms with E-state index >= 15 is 0 Å². The van der Waals surface area contributed by atoms with Crippen LogP contribution in [-0.2, 0) is 0 Å². The Hall–Kier alpha value is -1.91. The van der Waals surface area contributed by atoms with Crippen molar-refractivity contribution in [3.63, 3.8) is 0 Å². The maximum Gasteiger partial charge on any atom is 0.155 e. The van der Waals surface area contributed by atoms with E-state index in [1.165, 1.54) is 0 Å². The lowest BCUT2D eigenvalue weighted by Gasteiger charge is -2.02. The first kappa shape index (κ1) is 14.0. The van der Waals surface area contributed by atoms with Gasteiger partial charge >= 0.3 is 0 Å². The number of carbonyl (C=O) groups excluding carboxylic acids is 1. The van der Waals surface area contributed by atoms with E-state index in [1.54, 1.807) is 10.7 Å². The molecule has 1 heterocycles. The lowest BCUT2D eigenvalue weighted by Crippen LogP contribution is -1.96. The molecule has 0 aliphatic rings. The molecule has 0 fully saturated rings. The zero-order chi connectivity index (χ0) is 14.8. The van der Waals surface area contributed by atoms with Gasteiger partial charge in [-0.2, -0.15) is 5.10 Å². The zero-order valence-corrected chi connectivity index (χ0v) is 13.2. The Morgan fingerprint density at radius 3 is 2.38 bits per heavy atom. The number of rotatable bonds is 3. The van der Waals surface area contributed by atoms with E-state index in [4.69, 9.17) is 11.6 Å². The zero-order valence-electron chi connectivity index (χ0n) is 10.8. The SMILES string of the molecule is O=Cc1c(-c2ccccc2Cl)nn(-c2ccccc2)c1Br. The summed E-state index contributed by atoms with van der Waals surface area (Å²) in [5.41, 5.74) is 2.64. The molecular weight excluding hydrogens is 352 g/mol. The second kappa shape index (κ2) is 5.84. The second-order valence-electron chi connectivity index (χ2n) is 4.40. The fourth-order valence-electron chi connectivity index (χ4n) is 2.11. The molecule has 104 valence electrons. The third-order valence-electron chi connectivity index (χ3n) is 3.11. The summed E-state index contributed by atoms with van der Waals surface area (Å²) in [6.07, 6.45) is 0.787. The molecule has 3 aromatic rings. The molecule has 0 aliphatic heterocycles. The molecule has 21 heavy (non-hydrogen) atoms. The molecule has 0 atom stereocenters. The van der Waals surface area contributed by atoms with Crippen molar-refractivity contribution in [2.24, 2.45) is 0 Å². The van der Waals surface area contributed by atoms with Gasteiger partial charge in [0.25, 0.3) is 0 Å². The second-order valence-corrected chi connectivity index (χ2v) is 5.56. The molecule has 0 radical (unpaired) electrons. The van der Waals surface area contributed by atoms with Crippen LogP contribution in [0.5, 0.6) is 0 Å². The van der Waals surface area contributed by atoms with Crippen molar-refractivity contribution in [2.75, 3.05) is 0 Å². The average molecular weight is 362 g/mol. The van der Waals surface area contributed by atoms with Crippen LogP contribution in [-0.4, -0.2) is 16.1 Å². The number of hydrogen-bond donors (Lipinski definition) is 0. The summed E-state index contributed by atoms with van der Waals surface area (Å²) in [5, 5.41) is 5.10. The van der Waals surface area contributed by atoms with Gasteiger partial charge in [0.15, 0.2) is 6.29 Å². The first-order valence-corrected chi connectivity index (χ1v) is 7.43. The number of nitrogens with zero attached hydrogens (tertiary/aromatic N) is 2. The highest BCUT2D eigenvalue weighted by Gasteiger charge is 2.19. The third-order valence-corrected chi connectivity index (χ3v) is 4.20. The molecule has 0 saturated carbocycles. The smallest absolute Gasteiger partial charge is 0.155 e. The molecule has 0 N–H and O–H groups in total. The highest BCUT2D eigenvalue weighted by atomic mass is 79.9. The Bertz CT molecular complexity index is 799. The molecule has 5 heteroatoms. The van der Waals surface area contributed by atoms with Gasteiger partial charge in [-0.05, 0) is 34.1 Å². The van der Waals surface area contributed by atoms with Crippen LogP contribution in [0.4, 0.5) is 0 Å². The van der Waals surface area contributed by atoms with Crippen LogP contribution < -0.4 is 0 Å². The summed E-state index contributed by atoms with van der Waals surface area (Å²) < 4.78 is 2.29. The first-order valence-electron chi connectivity index (χ1n) is 6.26. The van der Waals surface area contributed by atoms with Gasteiger partial charge < -0.3 is 0 Å². The van der Waals surface area contributed by atoms with E-state index in [0.717, 1.165) is 17.5 Å². The normalized spacial score (nSPS) is 10.6. The van der Waals surface area contributed by atoms with Crippen molar-refractivity contribution in [1.29, 1.82) is 0 Å². The number of hydrogen-bond acceptors (Lipinski definition) is 2. The number of halogens is 2. The van der Waals surface area contributed by atoms with Crippen molar-refractivity contribution in [3.05, 3.63) is 69.8 Å². The minimum Gasteiger partial charge on any atom is -0.298 e. The molecule has 3 rings (SSSR count). The van der Waals surface area contributed by atoms with Crippen molar-refractivity contribution >= 4 is 33.8 Å². The maximum atomic E-state index is 11.5.